The van der Waals surface area contributed by atoms with E-state index >= 15 is 0 Å². The molecule has 0 aliphatic heterocycles. The Morgan fingerprint density at radius 1 is 0.667 bits per heavy atom. The number of carbonyl (C=O) groups excluding carboxylic acids is 2. The van der Waals surface area contributed by atoms with Crippen molar-refractivity contribution in [2.45, 2.75) is 115 Å². The molecule has 1 aliphatic carbocycles. The smallest absolute Gasteiger partial charge is 0.186 e. The van der Waals surface area contributed by atoms with E-state index in [1.54, 1.807) is 27.7 Å². The molecule has 0 bridgehead atoms. The Morgan fingerprint density at radius 3 is 1.56 bits per heavy atom. The topological polar surface area (TPSA) is 71.1 Å². The van der Waals surface area contributed by atoms with Crippen molar-refractivity contribution < 1.29 is 28.5 Å². The zero-order valence-electron chi connectivity index (χ0n) is 33.7. The van der Waals surface area contributed by atoms with E-state index in [0.29, 0.717) is 32.0 Å². The molecule has 1 unspecified atom stereocenters. The molecule has 5 rings (SSSR count). The third-order valence-electron chi connectivity index (χ3n) is 10.9. The second-order valence-electron chi connectivity index (χ2n) is 16.9. The van der Waals surface area contributed by atoms with Gasteiger partial charge in [0.05, 0.1) is 13.2 Å². The minimum atomic E-state index is -0.922. The molecule has 4 aromatic carbocycles. The van der Waals surface area contributed by atoms with E-state index in [-0.39, 0.29) is 11.6 Å². The number of fused-ring (bicyclic) bond motifs is 3. The summed E-state index contributed by atoms with van der Waals surface area (Å²) in [5, 5.41) is 2.55. The monoisotopic (exact) mass is 730 g/mol. The van der Waals surface area contributed by atoms with Gasteiger partial charge in [-0.15, -0.1) is 0 Å². The number of benzene rings is 4. The molecule has 0 saturated carbocycles. The fraction of sp³-hybridized carbons (Fsp3) is 0.417. The normalized spacial score (nSPS) is 15.8. The second-order valence-corrected chi connectivity index (χ2v) is 16.9. The number of carbonyl (C=O) groups is 2. The summed E-state index contributed by atoms with van der Waals surface area (Å²) in [7, 11) is 0. The first-order valence-electron chi connectivity index (χ1n) is 19.1. The third-order valence-corrected chi connectivity index (χ3v) is 10.9. The van der Waals surface area contributed by atoms with Crippen molar-refractivity contribution in [3.8, 4) is 11.5 Å². The summed E-state index contributed by atoms with van der Waals surface area (Å²) in [6.07, 6.45) is 4.75. The maximum Gasteiger partial charge on any atom is 0.186 e. The number of ketones is 2. The molecule has 4 aromatic rings. The molecule has 0 radical (unpaired) electrons. The number of rotatable bonds is 18. The Kier molecular flexibility index (Phi) is 11.8. The minimum Gasteiger partial charge on any atom is -0.488 e. The van der Waals surface area contributed by atoms with Crippen LogP contribution in [0.2, 0.25) is 0 Å². The molecular formula is C48H58O6. The minimum absolute atomic E-state index is 0.142. The Labute approximate surface area is 322 Å². The van der Waals surface area contributed by atoms with Gasteiger partial charge in [-0.2, -0.15) is 0 Å². The van der Waals surface area contributed by atoms with E-state index in [1.807, 2.05) is 27.7 Å². The van der Waals surface area contributed by atoms with Crippen LogP contribution in [0.5, 0.6) is 11.5 Å². The first-order chi connectivity index (χ1) is 25.3. The van der Waals surface area contributed by atoms with Gasteiger partial charge in [0.2, 0.25) is 0 Å². The highest BCUT2D eigenvalue weighted by molar-refractivity contribution is 5.96. The van der Waals surface area contributed by atoms with E-state index in [9.17, 15) is 9.59 Å². The number of ether oxygens (including phenoxy) is 4. The standard InChI is InChI=1S/C48H58O6/c1-12-41(49)46(8,9)51-30-28-44(4,5)53-37-23-19-35(20-24-37)48(32-33(3)43-39-17-15-14-16-34(39)18-27-40(43)48)36-21-25-38(26-22-36)54-45(6,7)29-31-52-47(10,11)42(50)13-2/h12-27,33H,1-2,28-32H2,3-11H3. The number of hydrogen-bond donors (Lipinski definition) is 0. The lowest BCUT2D eigenvalue weighted by Crippen LogP contribution is -2.37. The van der Waals surface area contributed by atoms with Crippen LogP contribution in [0.1, 0.15) is 110 Å². The van der Waals surface area contributed by atoms with E-state index < -0.39 is 27.8 Å². The van der Waals surface area contributed by atoms with E-state index in [0.717, 1.165) is 17.9 Å². The van der Waals surface area contributed by atoms with Gasteiger partial charge in [-0.25, -0.2) is 0 Å². The predicted molar refractivity (Wildman–Crippen MR) is 219 cm³/mol. The first kappa shape index (κ1) is 40.7. The lowest BCUT2D eigenvalue weighted by atomic mass is 9.70. The molecule has 6 nitrogen and oxygen atoms in total. The fourth-order valence-electron chi connectivity index (χ4n) is 7.68. The van der Waals surface area contributed by atoms with Gasteiger partial charge >= 0.3 is 0 Å². The van der Waals surface area contributed by atoms with Gasteiger partial charge < -0.3 is 18.9 Å². The van der Waals surface area contributed by atoms with Gasteiger partial charge in [-0.05, 0) is 137 Å². The average Bonchev–Trinajstić information content (AvgIpc) is 3.43. The molecule has 0 amide bonds. The molecule has 0 N–H and O–H groups in total. The van der Waals surface area contributed by atoms with Crippen molar-refractivity contribution in [3.63, 3.8) is 0 Å². The van der Waals surface area contributed by atoms with Crippen molar-refractivity contribution in [3.05, 3.63) is 132 Å². The van der Waals surface area contributed by atoms with Crippen LogP contribution in [-0.4, -0.2) is 47.2 Å². The van der Waals surface area contributed by atoms with Crippen molar-refractivity contribution in [1.29, 1.82) is 0 Å². The third kappa shape index (κ3) is 8.72. The molecule has 0 heterocycles. The summed E-state index contributed by atoms with van der Waals surface area (Å²) in [5.74, 6) is 1.59. The Morgan fingerprint density at radius 2 is 1.11 bits per heavy atom. The van der Waals surface area contributed by atoms with Gasteiger partial charge in [0.25, 0.3) is 0 Å². The van der Waals surface area contributed by atoms with Crippen LogP contribution in [0.4, 0.5) is 0 Å². The molecule has 1 aliphatic rings. The summed E-state index contributed by atoms with van der Waals surface area (Å²) in [5.41, 5.74) is 1.84. The van der Waals surface area contributed by atoms with E-state index in [2.05, 4.69) is 105 Å². The van der Waals surface area contributed by atoms with Crippen LogP contribution >= 0.6 is 0 Å². The van der Waals surface area contributed by atoms with Crippen LogP contribution in [0, 0.1) is 0 Å². The van der Waals surface area contributed by atoms with Crippen LogP contribution in [-0.2, 0) is 24.5 Å². The van der Waals surface area contributed by atoms with Crippen molar-refractivity contribution >= 4 is 22.3 Å². The van der Waals surface area contributed by atoms with Crippen LogP contribution in [0.25, 0.3) is 10.8 Å². The fourth-order valence-corrected chi connectivity index (χ4v) is 7.68. The Balaban J connectivity index is 1.42. The summed E-state index contributed by atoms with van der Waals surface area (Å²) in [6, 6.07) is 30.3. The van der Waals surface area contributed by atoms with E-state index in [1.165, 1.54) is 45.2 Å². The first-order valence-corrected chi connectivity index (χ1v) is 19.1. The summed E-state index contributed by atoms with van der Waals surface area (Å²) in [4.78, 5) is 24.3. The van der Waals surface area contributed by atoms with Crippen molar-refractivity contribution in [1.82, 2.24) is 0 Å². The van der Waals surface area contributed by atoms with Gasteiger partial charge in [0, 0.05) is 18.3 Å². The molecule has 54 heavy (non-hydrogen) atoms. The highest BCUT2D eigenvalue weighted by Gasteiger charge is 2.46. The second kappa shape index (κ2) is 15.7. The molecule has 0 aromatic heterocycles. The van der Waals surface area contributed by atoms with Crippen LogP contribution in [0.15, 0.2) is 110 Å². The zero-order valence-corrected chi connectivity index (χ0v) is 33.7. The van der Waals surface area contributed by atoms with Gasteiger partial charge in [-0.1, -0.05) is 80.7 Å². The molecular weight excluding hydrogens is 673 g/mol. The summed E-state index contributed by atoms with van der Waals surface area (Å²) < 4.78 is 24.9. The summed E-state index contributed by atoms with van der Waals surface area (Å²) in [6.45, 7) is 25.5. The van der Waals surface area contributed by atoms with Crippen LogP contribution in [0.3, 0.4) is 0 Å². The lowest BCUT2D eigenvalue weighted by molar-refractivity contribution is -0.136. The quantitative estimate of drug-likeness (QED) is 0.0949. The molecule has 0 spiro atoms. The van der Waals surface area contributed by atoms with Crippen molar-refractivity contribution in [2.75, 3.05) is 13.2 Å². The molecule has 0 fully saturated rings. The Bertz CT molecular complexity index is 1880. The van der Waals surface area contributed by atoms with E-state index in [4.69, 9.17) is 18.9 Å². The van der Waals surface area contributed by atoms with Gasteiger partial charge in [-0.3, -0.25) is 9.59 Å². The summed E-state index contributed by atoms with van der Waals surface area (Å²) >= 11 is 0. The Hall–Kier alpha value is -4.52. The SMILES string of the molecule is C=CC(=O)C(C)(C)OCCC(C)(C)Oc1ccc(C2(c3ccc(OC(C)(C)CCOC(C)(C)C(=O)C=C)cc3)CC(C)c3c2ccc2ccccc32)cc1. The van der Waals surface area contributed by atoms with Crippen molar-refractivity contribution in [2.24, 2.45) is 0 Å². The molecule has 0 saturated heterocycles. The zero-order chi connectivity index (χ0) is 39.5. The largest absolute Gasteiger partial charge is 0.488 e. The van der Waals surface area contributed by atoms with Gasteiger partial charge in [0.15, 0.2) is 11.6 Å². The average molecular weight is 731 g/mol. The highest BCUT2D eigenvalue weighted by atomic mass is 16.5. The highest BCUT2D eigenvalue weighted by Crippen LogP contribution is 2.56. The number of hydrogen-bond acceptors (Lipinski definition) is 6. The molecule has 1 atom stereocenters. The van der Waals surface area contributed by atoms with Crippen LogP contribution < -0.4 is 9.47 Å². The van der Waals surface area contributed by atoms with Gasteiger partial charge in [0.1, 0.15) is 33.9 Å². The molecule has 286 valence electrons. The predicted octanol–water partition coefficient (Wildman–Crippen LogP) is 10.9. The maximum atomic E-state index is 12.2. The maximum absolute atomic E-state index is 12.2. The molecule has 6 heteroatoms. The lowest BCUT2D eigenvalue weighted by Gasteiger charge is -2.34.